The normalized spacial score (nSPS) is 13.2. The van der Waals surface area contributed by atoms with Gasteiger partial charge < -0.3 is 18.4 Å². The molecule has 0 saturated heterocycles. The first-order chi connectivity index (χ1) is 29.6. The van der Waals surface area contributed by atoms with Gasteiger partial charge in [0.25, 0.3) is 6.33 Å². The number of hydrogen-bond acceptors (Lipinski definition) is 2. The number of imidazole rings is 1. The Balaban J connectivity index is 0.00000432. The Bertz CT molecular complexity index is 3540. The van der Waals surface area contributed by atoms with E-state index in [9.17, 15) is 0 Å². The zero-order valence-corrected chi connectivity index (χ0v) is 38.2. The second-order valence-electron chi connectivity index (χ2n) is 17.7. The molecule has 0 atom stereocenters. The molecule has 0 unspecified atom stereocenters. The van der Waals surface area contributed by atoms with Crippen LogP contribution in [0.15, 0.2) is 158 Å². The molecular formula is C54H41N5OPtSi-2. The summed E-state index contributed by atoms with van der Waals surface area (Å²) >= 11 is 0. The third-order valence-electron chi connectivity index (χ3n) is 12.7. The summed E-state index contributed by atoms with van der Waals surface area (Å²) in [6.07, 6.45) is 5.62. The predicted octanol–water partition coefficient (Wildman–Crippen LogP) is 11.1. The minimum absolute atomic E-state index is 0. The van der Waals surface area contributed by atoms with E-state index in [0.29, 0.717) is 11.5 Å². The number of para-hydroxylation sites is 4. The van der Waals surface area contributed by atoms with Crippen LogP contribution in [0.25, 0.3) is 77.5 Å². The maximum atomic E-state index is 6.81. The van der Waals surface area contributed by atoms with Crippen molar-refractivity contribution in [2.45, 2.75) is 39.3 Å². The molecule has 6 nitrogen and oxygen atoms in total. The number of pyridine rings is 1. The van der Waals surface area contributed by atoms with E-state index >= 15 is 0 Å². The molecule has 8 heteroatoms. The van der Waals surface area contributed by atoms with Crippen LogP contribution >= 0.6 is 0 Å². The zero-order valence-electron chi connectivity index (χ0n) is 35.0. The molecule has 62 heavy (non-hydrogen) atoms. The van der Waals surface area contributed by atoms with Crippen molar-refractivity contribution >= 4 is 73.1 Å². The molecule has 0 amide bonds. The third kappa shape index (κ3) is 5.64. The monoisotopic (exact) mass is 998 g/mol. The molecule has 0 radical (unpaired) electrons. The fourth-order valence-electron chi connectivity index (χ4n) is 9.68. The molecule has 7 aromatic carbocycles. The van der Waals surface area contributed by atoms with Crippen molar-refractivity contribution in [3.8, 4) is 34.4 Å². The van der Waals surface area contributed by atoms with Gasteiger partial charge in [-0.15, -0.1) is 29.5 Å². The van der Waals surface area contributed by atoms with Crippen molar-refractivity contribution in [2.24, 2.45) is 0 Å². The number of fused-ring (bicyclic) bond motifs is 8. The van der Waals surface area contributed by atoms with Crippen LogP contribution in [0, 0.1) is 18.5 Å². The number of aromatic nitrogens is 5. The Morgan fingerprint density at radius 1 is 0.629 bits per heavy atom. The van der Waals surface area contributed by atoms with Crippen molar-refractivity contribution in [1.82, 2.24) is 18.7 Å². The molecule has 5 heterocycles. The molecule has 0 aliphatic carbocycles. The molecule has 11 aromatic rings. The predicted molar refractivity (Wildman–Crippen MR) is 250 cm³/mol. The average molecular weight is 999 g/mol. The largest absolute Gasteiger partial charge is 0.510 e. The second-order valence-corrected chi connectivity index (χ2v) is 22.0. The molecule has 1 aliphatic rings. The Labute approximate surface area is 375 Å². The van der Waals surface area contributed by atoms with Crippen molar-refractivity contribution in [2.75, 3.05) is 0 Å². The Morgan fingerprint density at radius 3 is 2.06 bits per heavy atom. The molecule has 1 aliphatic heterocycles. The van der Waals surface area contributed by atoms with Gasteiger partial charge in [-0.1, -0.05) is 129 Å². The van der Waals surface area contributed by atoms with E-state index in [1.54, 1.807) is 0 Å². The summed E-state index contributed by atoms with van der Waals surface area (Å²) in [5.74, 6) is 2.07. The molecule has 0 N–H and O–H groups in total. The van der Waals surface area contributed by atoms with Crippen LogP contribution in [0.5, 0.6) is 11.5 Å². The molecule has 0 bridgehead atoms. The minimum atomic E-state index is -2.11. The Morgan fingerprint density at radius 2 is 1.31 bits per heavy atom. The SMILES string of the molecule is CC(C)(C)c1ccnc(-n2c3[c-]c(Oc4[c-]c5c(cc4)[Si](C)(C)c4cccc6c4n-5[c-][n+]6-c4ccccc4)ccc3c3c(-n4c5ccccc5c5ccccc54)cccc32)c1.[Pt]. The molecule has 0 spiro atoms. The fourth-order valence-corrected chi connectivity index (χ4v) is 12.6. The summed E-state index contributed by atoms with van der Waals surface area (Å²) < 4.78 is 15.8. The van der Waals surface area contributed by atoms with Gasteiger partial charge in [-0.2, -0.15) is 12.1 Å². The van der Waals surface area contributed by atoms with E-state index < -0.39 is 8.07 Å². The zero-order chi connectivity index (χ0) is 41.2. The van der Waals surface area contributed by atoms with Crippen LogP contribution in [-0.4, -0.2) is 26.8 Å². The van der Waals surface area contributed by atoms with E-state index in [1.165, 1.54) is 32.2 Å². The number of rotatable bonds is 5. The van der Waals surface area contributed by atoms with Gasteiger partial charge in [0.15, 0.2) is 0 Å². The molecule has 0 fully saturated rings. The van der Waals surface area contributed by atoms with Gasteiger partial charge in [-0.25, -0.2) is 4.98 Å². The standard InChI is InChI=1S/C54H41N5OSi.Pt/c1-54(2,3)35-29-30-55-51(31-35)59-45-22-13-21-44(58-42-19-11-9-17-39(42)40-18-10-12-20-43(40)58)52(45)41-27-25-37(32-47(41)59)60-38-26-28-49-48(33-38)57-34-56(36-15-7-6-8-16-36)46-23-14-24-50(53(46)57)61(49,4)5;/h6-31H,1-5H3;/q-2;. The van der Waals surface area contributed by atoms with Crippen molar-refractivity contribution < 1.29 is 30.4 Å². The van der Waals surface area contributed by atoms with Gasteiger partial charge in [0.2, 0.25) is 0 Å². The van der Waals surface area contributed by atoms with Crippen molar-refractivity contribution in [3.63, 3.8) is 0 Å². The van der Waals surface area contributed by atoms with E-state index in [-0.39, 0.29) is 26.5 Å². The molecule has 0 saturated carbocycles. The van der Waals surface area contributed by atoms with E-state index in [0.717, 1.165) is 61.2 Å². The maximum Gasteiger partial charge on any atom is 0.268 e. The first kappa shape index (κ1) is 38.4. The van der Waals surface area contributed by atoms with Gasteiger partial charge in [0, 0.05) is 68.8 Å². The van der Waals surface area contributed by atoms with Crippen LogP contribution in [-0.2, 0) is 26.5 Å². The molecule has 304 valence electrons. The second kappa shape index (κ2) is 14.0. The van der Waals surface area contributed by atoms with Crippen LogP contribution in [0.1, 0.15) is 26.3 Å². The van der Waals surface area contributed by atoms with Gasteiger partial charge in [0.1, 0.15) is 5.82 Å². The van der Waals surface area contributed by atoms with Gasteiger partial charge in [-0.05, 0) is 70.6 Å². The van der Waals surface area contributed by atoms with Crippen LogP contribution in [0.3, 0.4) is 0 Å². The summed E-state index contributed by atoms with van der Waals surface area (Å²) in [7, 11) is -2.11. The van der Waals surface area contributed by atoms with Gasteiger partial charge >= 0.3 is 0 Å². The summed E-state index contributed by atoms with van der Waals surface area (Å²) in [6.45, 7) is 11.6. The number of benzene rings is 7. The smallest absolute Gasteiger partial charge is 0.268 e. The van der Waals surface area contributed by atoms with Crippen LogP contribution in [0.2, 0.25) is 13.1 Å². The topological polar surface area (TPSA) is 40.8 Å². The van der Waals surface area contributed by atoms with E-state index in [2.05, 4.69) is 210 Å². The number of hydrogen-bond donors (Lipinski definition) is 0. The van der Waals surface area contributed by atoms with E-state index in [1.807, 2.05) is 18.3 Å². The summed E-state index contributed by atoms with van der Waals surface area (Å²) in [5.41, 5.74) is 10.9. The van der Waals surface area contributed by atoms with Gasteiger partial charge in [-0.3, -0.25) is 4.57 Å². The Hall–Kier alpha value is -6.53. The van der Waals surface area contributed by atoms with Crippen LogP contribution in [0.4, 0.5) is 0 Å². The first-order valence-corrected chi connectivity index (χ1v) is 23.9. The van der Waals surface area contributed by atoms with Gasteiger partial charge in [0.05, 0.1) is 27.8 Å². The third-order valence-corrected chi connectivity index (χ3v) is 16.2. The van der Waals surface area contributed by atoms with Crippen molar-refractivity contribution in [1.29, 1.82) is 0 Å². The molecule has 12 rings (SSSR count). The van der Waals surface area contributed by atoms with Crippen molar-refractivity contribution in [3.05, 3.63) is 182 Å². The average Bonchev–Trinajstić information content (AvgIpc) is 3.94. The minimum Gasteiger partial charge on any atom is -0.510 e. The first-order valence-electron chi connectivity index (χ1n) is 20.9. The molecule has 4 aromatic heterocycles. The summed E-state index contributed by atoms with van der Waals surface area (Å²) in [4.78, 5) is 5.01. The van der Waals surface area contributed by atoms with E-state index in [4.69, 9.17) is 9.72 Å². The molecular weight excluding hydrogens is 958 g/mol. The number of ether oxygens (including phenoxy) is 1. The summed E-state index contributed by atoms with van der Waals surface area (Å²) in [6, 6.07) is 61.4. The van der Waals surface area contributed by atoms with Crippen LogP contribution < -0.4 is 19.7 Å². The maximum absolute atomic E-state index is 6.81. The fraction of sp³-hybridized carbons (Fsp3) is 0.111. The Kier molecular flexibility index (Phi) is 8.67. The summed E-state index contributed by atoms with van der Waals surface area (Å²) in [5, 5.41) is 7.33. The number of nitrogens with zero attached hydrogens (tertiary/aromatic N) is 5. The quantitative estimate of drug-likeness (QED) is 0.0979.